The van der Waals surface area contributed by atoms with Gasteiger partial charge in [0.05, 0.1) is 57.6 Å². The molecule has 0 radical (unpaired) electrons. The van der Waals surface area contributed by atoms with Crippen LogP contribution in [0.25, 0.3) is 90.6 Å². The van der Waals surface area contributed by atoms with Crippen LogP contribution in [0.15, 0.2) is 226 Å². The third-order valence-corrected chi connectivity index (χ3v) is 25.3. The van der Waals surface area contributed by atoms with Gasteiger partial charge in [-0.1, -0.05) is 157 Å². The zero-order valence-electron chi connectivity index (χ0n) is 75.5. The van der Waals surface area contributed by atoms with Gasteiger partial charge in [0.2, 0.25) is 23.8 Å². The Hall–Kier alpha value is -15.1. The smallest absolute Gasteiger partial charge is 0.278 e. The van der Waals surface area contributed by atoms with Crippen LogP contribution in [0.2, 0.25) is 0 Å². The summed E-state index contributed by atoms with van der Waals surface area (Å²) in [4.78, 5) is 84.9. The normalized spacial score (nSPS) is 14.7. The zero-order valence-corrected chi connectivity index (χ0v) is 75.5. The summed E-state index contributed by atoms with van der Waals surface area (Å²) in [7, 11) is 11.9. The standard InChI is InChI=1S/C25H29N9O.C25H26N6O2.C24H27N9O.C24H24N6O/c1-33(2)11-12-34(3)21-16-27-20(15-28-21)22-31-23(32-35-22)25(9-4-10-25)19-7-5-17(6-8-19)18-13-29-24(26)30-14-18;1-32-13-2-4-21-10-7-18(14-27-21)22-30-23(31-33-22)25(11-3-12-25)20-8-5-17(6-9-20)19-15-28-24(26)29-16-19;1-33(2)11-10-26-20-15-27-19(14-28-20)21-31-22(32-34-21)24(8-3-9-24)18-6-4-16(5-7-18)17-12-29-23(25)30-13-17;1-2-4-20-10-7-17(13-26-20)21-29-22(30-31-21)24(11-3-12-24)19-8-5-16(6-9-19)18-14-27-23(25)28-15-18/h5-8,13-16H,4,9-12H2,1-3H3,(H2,26,29,30);5-10,14-16H,2-4,11-13H2,1H3,(H2,26,28,29);4-7,12-15H,3,8-11H2,1-2H3,(H,26,28)(H2,25,29,30);5-10,13-15H,2-4,11-12H2,1H3,(H2,25,27,28). The lowest BCUT2D eigenvalue weighted by atomic mass is 9.64. The van der Waals surface area contributed by atoms with Gasteiger partial charge in [-0.2, -0.15) is 19.9 Å². The van der Waals surface area contributed by atoms with Gasteiger partial charge in [-0.3, -0.25) is 9.97 Å². The summed E-state index contributed by atoms with van der Waals surface area (Å²) >= 11 is 0. The summed E-state index contributed by atoms with van der Waals surface area (Å²) in [6.45, 7) is 6.37. The van der Waals surface area contributed by atoms with E-state index in [4.69, 9.17) is 65.7 Å². The van der Waals surface area contributed by atoms with Gasteiger partial charge in [0.15, 0.2) is 23.3 Å². The predicted molar refractivity (Wildman–Crippen MR) is 505 cm³/mol. The largest absolute Gasteiger partial charge is 0.385 e. The van der Waals surface area contributed by atoms with Crippen LogP contribution in [0.5, 0.6) is 0 Å². The van der Waals surface area contributed by atoms with Crippen molar-refractivity contribution in [1.29, 1.82) is 0 Å². The molecule has 4 aliphatic rings. The van der Waals surface area contributed by atoms with Crippen molar-refractivity contribution in [2.24, 2.45) is 0 Å². The maximum absolute atomic E-state index is 5.65. The summed E-state index contributed by atoms with van der Waals surface area (Å²) in [5, 5.41) is 20.7. The number of ether oxygens (including phenoxy) is 1. The topological polar surface area (TPSA) is 471 Å². The van der Waals surface area contributed by atoms with Crippen LogP contribution in [0, 0.1) is 0 Å². The van der Waals surface area contributed by atoms with Crippen molar-refractivity contribution in [3.63, 3.8) is 0 Å². The summed E-state index contributed by atoms with van der Waals surface area (Å²) < 4.78 is 27.6. The quantitative estimate of drug-likeness (QED) is 0.0261. The molecule has 0 bridgehead atoms. The molecule has 0 atom stereocenters. The fourth-order valence-electron chi connectivity index (χ4n) is 16.8. The van der Waals surface area contributed by atoms with Crippen LogP contribution < -0.4 is 33.2 Å². The van der Waals surface area contributed by atoms with E-state index in [2.05, 4.69) is 214 Å². The molecule has 4 aromatic carbocycles. The first kappa shape index (κ1) is 89.9. The van der Waals surface area contributed by atoms with Crippen molar-refractivity contribution in [3.8, 4) is 90.6 Å². The highest BCUT2D eigenvalue weighted by atomic mass is 16.5. The minimum absolute atomic E-state index is 0.201. The second-order valence-corrected chi connectivity index (χ2v) is 34.5. The van der Waals surface area contributed by atoms with Gasteiger partial charge in [0.25, 0.3) is 23.6 Å². The molecule has 0 aliphatic heterocycles. The van der Waals surface area contributed by atoms with Crippen molar-refractivity contribution in [1.82, 2.24) is 120 Å². The number of hydrogen-bond acceptors (Lipinski definition) is 35. The Morgan fingerprint density at radius 2 is 0.654 bits per heavy atom. The maximum atomic E-state index is 5.65. The molecule has 4 saturated carbocycles. The van der Waals surface area contributed by atoms with Gasteiger partial charge >= 0.3 is 0 Å². The van der Waals surface area contributed by atoms with Crippen molar-refractivity contribution in [3.05, 3.63) is 265 Å². The zero-order chi connectivity index (χ0) is 91.9. The second-order valence-electron chi connectivity index (χ2n) is 34.5. The van der Waals surface area contributed by atoms with E-state index in [1.165, 1.54) is 16.7 Å². The number of pyridine rings is 2. The Bertz CT molecular complexity index is 6430. The van der Waals surface area contributed by atoms with E-state index >= 15 is 0 Å². The number of methoxy groups -OCH3 is 1. The van der Waals surface area contributed by atoms with E-state index in [-0.39, 0.29) is 45.5 Å². The lowest BCUT2D eigenvalue weighted by molar-refractivity contribution is 0.195. The highest BCUT2D eigenvalue weighted by molar-refractivity contribution is 5.67. The van der Waals surface area contributed by atoms with Crippen LogP contribution in [-0.4, -0.2) is 195 Å². The summed E-state index contributed by atoms with van der Waals surface area (Å²) in [6, 6.07) is 41.7. The minimum atomic E-state index is -0.252. The number of nitrogens with two attached hydrogens (primary N) is 4. The monoisotopic (exact) mass is 1780 g/mol. The number of aromatic nitrogens is 22. The van der Waals surface area contributed by atoms with Crippen molar-refractivity contribution >= 4 is 35.4 Å². The van der Waals surface area contributed by atoms with Gasteiger partial charge in [0.1, 0.15) is 23.0 Å². The number of aryl methyl sites for hydroxylation is 2. The van der Waals surface area contributed by atoms with Crippen molar-refractivity contribution in [2.45, 2.75) is 131 Å². The van der Waals surface area contributed by atoms with E-state index < -0.39 is 0 Å². The molecule has 20 rings (SSSR count). The molecule has 16 aromatic rings. The molecule has 4 fully saturated rings. The SMILES string of the molecule is CCCc1ccc(-c2nc(C3(c4ccc(-c5cnc(N)nc5)cc4)CCC3)no2)cn1.CN(C)CCN(C)c1cnc(-c2nc(C3(c4ccc(-c5cnc(N)nc5)cc4)CCC3)no2)cn1.CN(C)CCNc1cnc(-c2nc(C3(c4ccc(-c5cnc(N)nc5)cc4)CCC3)no2)cn1.COCCCc1ccc(-c2nc(C3(c4ccc(-c5cnc(N)nc5)cc4)CCC3)no2)cn1. The molecule has 0 unspecified atom stereocenters. The highest BCUT2D eigenvalue weighted by Gasteiger charge is 2.48. The Balaban J connectivity index is 0.000000124. The van der Waals surface area contributed by atoms with Gasteiger partial charge in [-0.25, -0.2) is 59.8 Å². The number of likely N-dealkylation sites (N-methyl/N-ethyl adjacent to an activating group) is 3. The Kier molecular flexibility index (Phi) is 27.4. The fraction of sp³-hybridized carbons (Fsp3) is 0.327. The number of nitrogen functional groups attached to an aromatic ring is 4. The summed E-state index contributed by atoms with van der Waals surface area (Å²) in [6.07, 6.45) is 40.5. The third kappa shape index (κ3) is 20.3. The molecule has 0 amide bonds. The second kappa shape index (κ2) is 40.5. The molecule has 4 aliphatic carbocycles. The molecule has 9 N–H and O–H groups in total. The van der Waals surface area contributed by atoms with E-state index in [0.29, 0.717) is 52.4 Å². The number of anilines is 6. The fourth-order valence-corrected chi connectivity index (χ4v) is 16.8. The van der Waals surface area contributed by atoms with E-state index in [1.54, 1.807) is 87.7 Å². The van der Waals surface area contributed by atoms with Gasteiger partial charge in [-0.05, 0) is 168 Å². The maximum Gasteiger partial charge on any atom is 0.278 e. The molecule has 12 heterocycles. The van der Waals surface area contributed by atoms with Crippen LogP contribution in [0.3, 0.4) is 0 Å². The van der Waals surface area contributed by atoms with Crippen LogP contribution in [-0.2, 0) is 39.2 Å². The van der Waals surface area contributed by atoms with E-state index in [1.807, 2.05) is 65.7 Å². The molecular formula is C98H106N30O5. The lowest BCUT2D eigenvalue weighted by Crippen LogP contribution is -2.36. The first-order chi connectivity index (χ1) is 64.8. The number of nitrogens with one attached hydrogen (secondary N) is 1. The molecule has 35 heteroatoms. The Morgan fingerprint density at radius 1 is 0.331 bits per heavy atom. The summed E-state index contributed by atoms with van der Waals surface area (Å²) in [5.41, 5.74) is 39.0. The van der Waals surface area contributed by atoms with Crippen LogP contribution >= 0.6 is 0 Å². The number of hydrogen-bond donors (Lipinski definition) is 5. The average Bonchev–Trinajstić information content (AvgIpc) is 0.968. The molecule has 133 heavy (non-hydrogen) atoms. The molecule has 35 nitrogen and oxygen atoms in total. The van der Waals surface area contributed by atoms with E-state index in [9.17, 15) is 0 Å². The highest BCUT2D eigenvalue weighted by Crippen LogP contribution is 2.53. The first-order valence-electron chi connectivity index (χ1n) is 44.7. The number of benzene rings is 4. The molecule has 0 saturated heterocycles. The number of rotatable bonds is 30. The molecule has 12 aromatic heterocycles. The van der Waals surface area contributed by atoms with E-state index in [0.717, 1.165) is 226 Å². The lowest BCUT2D eigenvalue weighted by Gasteiger charge is -2.39. The molecule has 678 valence electrons. The van der Waals surface area contributed by atoms with Gasteiger partial charge in [-0.15, -0.1) is 0 Å². The van der Waals surface area contributed by atoms with Crippen LogP contribution in [0.4, 0.5) is 35.4 Å². The Labute approximate surface area is 769 Å². The van der Waals surface area contributed by atoms with Gasteiger partial charge in [0, 0.05) is 143 Å². The molecular weight excluding hydrogens is 1680 g/mol. The van der Waals surface area contributed by atoms with Crippen molar-refractivity contribution < 1.29 is 22.8 Å². The molecule has 0 spiro atoms. The Morgan fingerprint density at radius 3 is 0.947 bits per heavy atom. The number of nitrogens with zero attached hydrogens (tertiary/aromatic N) is 25. The third-order valence-electron chi connectivity index (χ3n) is 25.3. The van der Waals surface area contributed by atoms with Crippen LogP contribution in [0.1, 0.15) is 154 Å². The minimum Gasteiger partial charge on any atom is -0.385 e. The van der Waals surface area contributed by atoms with Gasteiger partial charge < -0.3 is 65.8 Å². The van der Waals surface area contributed by atoms with Crippen molar-refractivity contribution in [2.75, 3.05) is 108 Å². The first-order valence-corrected chi connectivity index (χ1v) is 44.7. The summed E-state index contributed by atoms with van der Waals surface area (Å²) in [5.74, 6) is 7.24. The average molecular weight is 1780 g/mol. The predicted octanol–water partition coefficient (Wildman–Crippen LogP) is 14.9.